The molecule has 2 heterocycles. The number of fused-ring (bicyclic) bond motifs is 4. The second kappa shape index (κ2) is 6.29. The normalized spacial score (nSPS) is 18.5. The highest BCUT2D eigenvalue weighted by Crippen LogP contribution is 2.49. The molecule has 1 atom stereocenters. The Morgan fingerprint density at radius 2 is 1.77 bits per heavy atom. The van der Waals surface area contributed by atoms with Crippen LogP contribution in [0.1, 0.15) is 28.3 Å². The Morgan fingerprint density at radius 1 is 1.00 bits per heavy atom. The molecule has 0 saturated heterocycles. The van der Waals surface area contributed by atoms with Crippen molar-refractivity contribution >= 4 is 0 Å². The third kappa shape index (κ3) is 2.36. The van der Waals surface area contributed by atoms with Crippen molar-refractivity contribution in [3.8, 4) is 28.7 Å². The maximum atomic E-state index is 10.7. The molecule has 0 unspecified atom stereocenters. The van der Waals surface area contributed by atoms with Crippen molar-refractivity contribution in [2.45, 2.75) is 25.4 Å². The monoisotopic (exact) mass is 357 g/mol. The standard InChI is InChI=1S/C20H23NO5/c1-24-17-9-13-12(18(23)20(17)26-3)6-7-21-10-14-11(8-15(13)21)4-5-16(22)19(14)25-2/h4-5,9,15,22-23H,6-8,10H2,1-3H3/t15-/m1/s1. The van der Waals surface area contributed by atoms with Crippen LogP contribution in [0.4, 0.5) is 0 Å². The Labute approximate surface area is 152 Å². The molecule has 0 aliphatic carbocycles. The van der Waals surface area contributed by atoms with Gasteiger partial charge in [-0.05, 0) is 36.1 Å². The largest absolute Gasteiger partial charge is 0.504 e. The van der Waals surface area contributed by atoms with Crippen molar-refractivity contribution in [2.75, 3.05) is 27.9 Å². The number of methoxy groups -OCH3 is 3. The van der Waals surface area contributed by atoms with Gasteiger partial charge in [-0.1, -0.05) is 6.07 Å². The maximum Gasteiger partial charge on any atom is 0.203 e. The fourth-order valence-corrected chi connectivity index (χ4v) is 4.29. The minimum absolute atomic E-state index is 0.145. The van der Waals surface area contributed by atoms with Crippen molar-refractivity contribution in [2.24, 2.45) is 0 Å². The number of phenolic OH excluding ortho intramolecular Hbond substituents is 2. The van der Waals surface area contributed by atoms with E-state index in [1.165, 1.54) is 7.11 Å². The van der Waals surface area contributed by atoms with E-state index < -0.39 is 0 Å². The average Bonchev–Trinajstić information content (AvgIpc) is 2.66. The summed E-state index contributed by atoms with van der Waals surface area (Å²) in [6.07, 6.45) is 1.52. The van der Waals surface area contributed by atoms with Crippen LogP contribution in [0, 0.1) is 0 Å². The van der Waals surface area contributed by atoms with Gasteiger partial charge in [-0.25, -0.2) is 0 Å². The van der Waals surface area contributed by atoms with Crippen LogP contribution >= 0.6 is 0 Å². The van der Waals surface area contributed by atoms with E-state index >= 15 is 0 Å². The third-order valence-electron chi connectivity index (χ3n) is 5.55. The molecule has 0 spiro atoms. The summed E-state index contributed by atoms with van der Waals surface area (Å²) in [6.45, 7) is 1.52. The lowest BCUT2D eigenvalue weighted by Crippen LogP contribution is -2.39. The van der Waals surface area contributed by atoms with Gasteiger partial charge in [0, 0.05) is 30.3 Å². The molecule has 0 radical (unpaired) electrons. The minimum Gasteiger partial charge on any atom is -0.504 e. The maximum absolute atomic E-state index is 10.7. The average molecular weight is 357 g/mol. The predicted molar refractivity (Wildman–Crippen MR) is 96.4 cm³/mol. The first-order chi connectivity index (χ1) is 12.6. The molecule has 0 aromatic heterocycles. The van der Waals surface area contributed by atoms with E-state index in [1.54, 1.807) is 20.3 Å². The summed E-state index contributed by atoms with van der Waals surface area (Å²) < 4.78 is 16.2. The lowest BCUT2D eigenvalue weighted by atomic mass is 9.83. The highest BCUT2D eigenvalue weighted by molar-refractivity contribution is 5.61. The number of phenols is 2. The number of nitrogens with zero attached hydrogens (tertiary/aromatic N) is 1. The van der Waals surface area contributed by atoms with Crippen LogP contribution in [0.2, 0.25) is 0 Å². The zero-order valence-electron chi connectivity index (χ0n) is 15.2. The quantitative estimate of drug-likeness (QED) is 0.880. The van der Waals surface area contributed by atoms with Crippen molar-refractivity contribution in [1.29, 1.82) is 0 Å². The molecule has 0 fully saturated rings. The summed E-state index contributed by atoms with van der Waals surface area (Å²) in [7, 11) is 4.70. The Kier molecular flexibility index (Phi) is 4.07. The number of benzene rings is 2. The van der Waals surface area contributed by atoms with E-state index in [-0.39, 0.29) is 17.5 Å². The molecule has 4 rings (SSSR count). The number of aromatic hydroxyl groups is 2. The van der Waals surface area contributed by atoms with Gasteiger partial charge < -0.3 is 24.4 Å². The minimum atomic E-state index is 0.145. The van der Waals surface area contributed by atoms with Gasteiger partial charge >= 0.3 is 0 Å². The summed E-state index contributed by atoms with van der Waals surface area (Å²) in [6, 6.07) is 5.77. The molecule has 0 saturated carbocycles. The smallest absolute Gasteiger partial charge is 0.203 e. The van der Waals surface area contributed by atoms with Crippen LogP contribution in [0.3, 0.4) is 0 Å². The van der Waals surface area contributed by atoms with Crippen LogP contribution < -0.4 is 14.2 Å². The van der Waals surface area contributed by atoms with Crippen LogP contribution in [-0.4, -0.2) is 43.0 Å². The van der Waals surface area contributed by atoms with Gasteiger partial charge in [0.05, 0.1) is 21.3 Å². The number of hydrogen-bond donors (Lipinski definition) is 2. The second-order valence-electron chi connectivity index (χ2n) is 6.72. The first-order valence-electron chi connectivity index (χ1n) is 8.67. The highest BCUT2D eigenvalue weighted by atomic mass is 16.5. The predicted octanol–water partition coefficient (Wildman–Crippen LogP) is 2.78. The topological polar surface area (TPSA) is 71.4 Å². The van der Waals surface area contributed by atoms with Crippen LogP contribution in [0.25, 0.3) is 0 Å². The summed E-state index contributed by atoms with van der Waals surface area (Å²) >= 11 is 0. The van der Waals surface area contributed by atoms with Crippen LogP contribution in [0.5, 0.6) is 28.7 Å². The van der Waals surface area contributed by atoms with Crippen LogP contribution in [0.15, 0.2) is 18.2 Å². The van der Waals surface area contributed by atoms with Crippen molar-refractivity contribution in [3.05, 3.63) is 40.5 Å². The lowest BCUT2D eigenvalue weighted by molar-refractivity contribution is 0.155. The first-order valence-corrected chi connectivity index (χ1v) is 8.67. The molecule has 6 heteroatoms. The van der Waals surface area contributed by atoms with Gasteiger partial charge in [-0.15, -0.1) is 0 Å². The van der Waals surface area contributed by atoms with Crippen molar-refractivity contribution < 1.29 is 24.4 Å². The Morgan fingerprint density at radius 3 is 2.46 bits per heavy atom. The highest BCUT2D eigenvalue weighted by Gasteiger charge is 2.36. The van der Waals surface area contributed by atoms with Gasteiger partial charge in [0.2, 0.25) is 5.75 Å². The molecule has 2 N–H and O–H groups in total. The van der Waals surface area contributed by atoms with Gasteiger partial charge in [-0.3, -0.25) is 4.90 Å². The molecule has 6 nitrogen and oxygen atoms in total. The second-order valence-corrected chi connectivity index (χ2v) is 6.72. The number of ether oxygens (including phenoxy) is 3. The zero-order valence-corrected chi connectivity index (χ0v) is 15.2. The Balaban J connectivity index is 1.81. The summed E-state index contributed by atoms with van der Waals surface area (Å²) in [4.78, 5) is 2.36. The molecule has 2 aromatic rings. The first kappa shape index (κ1) is 16.8. The van der Waals surface area contributed by atoms with E-state index in [4.69, 9.17) is 14.2 Å². The van der Waals surface area contributed by atoms with E-state index in [2.05, 4.69) is 4.90 Å². The van der Waals surface area contributed by atoms with E-state index in [9.17, 15) is 10.2 Å². The molecular weight excluding hydrogens is 334 g/mol. The third-order valence-corrected chi connectivity index (χ3v) is 5.55. The van der Waals surface area contributed by atoms with Gasteiger partial charge in [0.15, 0.2) is 23.0 Å². The molecule has 2 aliphatic rings. The summed E-state index contributed by atoms with van der Waals surface area (Å²) in [5, 5.41) is 20.7. The van der Waals surface area contributed by atoms with Gasteiger partial charge in [0.25, 0.3) is 0 Å². The fourth-order valence-electron chi connectivity index (χ4n) is 4.29. The number of rotatable bonds is 3. The molecule has 2 aromatic carbocycles. The van der Waals surface area contributed by atoms with Gasteiger partial charge in [-0.2, -0.15) is 0 Å². The van der Waals surface area contributed by atoms with Gasteiger partial charge in [0.1, 0.15) is 0 Å². The van der Waals surface area contributed by atoms with Crippen molar-refractivity contribution in [1.82, 2.24) is 4.90 Å². The molecule has 26 heavy (non-hydrogen) atoms. The molecular formula is C20H23NO5. The van der Waals surface area contributed by atoms with Crippen LogP contribution in [-0.2, 0) is 19.4 Å². The zero-order chi connectivity index (χ0) is 18.4. The van der Waals surface area contributed by atoms with E-state index in [1.807, 2.05) is 12.1 Å². The van der Waals surface area contributed by atoms with E-state index in [0.717, 1.165) is 41.6 Å². The lowest BCUT2D eigenvalue weighted by Gasteiger charge is -2.42. The number of hydrogen-bond acceptors (Lipinski definition) is 6. The molecule has 138 valence electrons. The van der Waals surface area contributed by atoms with Crippen molar-refractivity contribution in [3.63, 3.8) is 0 Å². The van der Waals surface area contributed by atoms with E-state index in [0.29, 0.717) is 23.8 Å². The Bertz CT molecular complexity index is 864. The fraction of sp³-hybridized carbons (Fsp3) is 0.400. The molecule has 2 aliphatic heterocycles. The summed E-state index contributed by atoms with van der Waals surface area (Å²) in [5.74, 6) is 1.84. The Hall–Kier alpha value is -2.60. The SMILES string of the molecule is COc1cc2c(c(O)c1OC)CCN1Cc3c(ccc(O)c3OC)C[C@H]21. The summed E-state index contributed by atoms with van der Waals surface area (Å²) in [5.41, 5.74) is 4.20. The molecule has 0 amide bonds. The molecule has 0 bridgehead atoms.